The number of H-pyrrole nitrogens is 1. The molecule has 1 atom stereocenters. The normalized spacial score (nSPS) is 12.6. The number of nitrogens with one attached hydrogen (secondary N) is 1. The Kier molecular flexibility index (Phi) is 4.91. The van der Waals surface area contributed by atoms with Gasteiger partial charge in [0.1, 0.15) is 15.5 Å². The molecule has 0 unspecified atom stereocenters. The van der Waals surface area contributed by atoms with Crippen molar-refractivity contribution in [1.82, 2.24) is 9.97 Å². The predicted molar refractivity (Wildman–Crippen MR) is 98.6 cm³/mol. The summed E-state index contributed by atoms with van der Waals surface area (Å²) in [5.41, 5.74) is 0.605. The first-order chi connectivity index (χ1) is 12.8. The van der Waals surface area contributed by atoms with Gasteiger partial charge >= 0.3 is 11.9 Å². The molecule has 1 N–H and O–H groups in total. The van der Waals surface area contributed by atoms with Gasteiger partial charge in [-0.2, -0.15) is 0 Å². The summed E-state index contributed by atoms with van der Waals surface area (Å²) in [6, 6.07) is 2.54. The number of nitro groups is 1. The maximum Gasteiger partial charge on any atom is 0.433 e. The second-order valence-electron chi connectivity index (χ2n) is 5.76. The summed E-state index contributed by atoms with van der Waals surface area (Å²) in [6.07, 6.45) is 1.55. The lowest BCUT2D eigenvalue weighted by atomic mass is 10.2. The molecule has 0 fully saturated rings. The first-order valence-corrected chi connectivity index (χ1v) is 8.70. The molecule has 9 nitrogen and oxygen atoms in total. The largest absolute Gasteiger partial charge is 0.451 e. The molecule has 0 aliphatic rings. The standard InChI is InChI=1S/C17H15N3O6S/c1-8-10(3)27-17-14(8)16(22)18-15(19-17)9(2)25-13(21)7-5-11-4-6-12(26-11)20(23)24/h4-7,9H,1-3H3,(H,18,19,22)/b7-5+/t9-/m1/s1. The first kappa shape index (κ1) is 18.5. The molecule has 27 heavy (non-hydrogen) atoms. The number of hydrogen-bond donors (Lipinski definition) is 1. The molecular weight excluding hydrogens is 374 g/mol. The smallest absolute Gasteiger partial charge is 0.433 e. The molecule has 0 spiro atoms. The third kappa shape index (κ3) is 3.80. The van der Waals surface area contributed by atoms with E-state index in [1.165, 1.54) is 29.5 Å². The Morgan fingerprint density at radius 1 is 1.44 bits per heavy atom. The number of aromatic nitrogens is 2. The Bertz CT molecular complexity index is 1120. The highest BCUT2D eigenvalue weighted by atomic mass is 32.1. The van der Waals surface area contributed by atoms with Crippen LogP contribution in [0, 0.1) is 24.0 Å². The third-order valence-electron chi connectivity index (χ3n) is 3.91. The summed E-state index contributed by atoms with van der Waals surface area (Å²) < 4.78 is 10.1. The van der Waals surface area contributed by atoms with Crippen molar-refractivity contribution < 1.29 is 18.9 Å². The van der Waals surface area contributed by atoms with Gasteiger partial charge in [-0.15, -0.1) is 11.3 Å². The fourth-order valence-electron chi connectivity index (χ4n) is 2.41. The van der Waals surface area contributed by atoms with Crippen LogP contribution in [0.2, 0.25) is 0 Å². The number of carbonyl (C=O) groups is 1. The number of fused-ring (bicyclic) bond motifs is 1. The topological polar surface area (TPSA) is 128 Å². The number of hydrogen-bond acceptors (Lipinski definition) is 8. The van der Waals surface area contributed by atoms with Crippen molar-refractivity contribution in [2.45, 2.75) is 26.9 Å². The Morgan fingerprint density at radius 3 is 2.85 bits per heavy atom. The van der Waals surface area contributed by atoms with E-state index in [-0.39, 0.29) is 17.1 Å². The van der Waals surface area contributed by atoms with E-state index < -0.39 is 22.9 Å². The van der Waals surface area contributed by atoms with E-state index in [9.17, 15) is 19.7 Å². The maximum absolute atomic E-state index is 12.3. The molecule has 3 heterocycles. The van der Waals surface area contributed by atoms with Crippen molar-refractivity contribution >= 4 is 39.5 Å². The number of rotatable bonds is 5. The lowest BCUT2D eigenvalue weighted by Crippen LogP contribution is -2.16. The van der Waals surface area contributed by atoms with Crippen LogP contribution in [0.3, 0.4) is 0 Å². The summed E-state index contributed by atoms with van der Waals surface area (Å²) in [5, 5.41) is 11.1. The molecule has 0 amide bonds. The number of furan rings is 1. The molecule has 0 aromatic carbocycles. The van der Waals surface area contributed by atoms with Crippen molar-refractivity contribution in [3.63, 3.8) is 0 Å². The van der Waals surface area contributed by atoms with Crippen LogP contribution >= 0.6 is 11.3 Å². The van der Waals surface area contributed by atoms with Crippen LogP contribution in [-0.2, 0) is 9.53 Å². The Balaban J connectivity index is 1.74. The highest BCUT2D eigenvalue weighted by Crippen LogP contribution is 2.27. The molecule has 0 radical (unpaired) electrons. The summed E-state index contributed by atoms with van der Waals surface area (Å²) in [6.45, 7) is 5.35. The maximum atomic E-state index is 12.3. The number of aromatic amines is 1. The van der Waals surface area contributed by atoms with Gasteiger partial charge in [0.2, 0.25) is 0 Å². The van der Waals surface area contributed by atoms with E-state index in [2.05, 4.69) is 9.97 Å². The monoisotopic (exact) mass is 389 g/mol. The van der Waals surface area contributed by atoms with Gasteiger partial charge in [-0.3, -0.25) is 14.9 Å². The highest BCUT2D eigenvalue weighted by molar-refractivity contribution is 7.18. The number of ether oxygens (including phenoxy) is 1. The molecular formula is C17H15N3O6S. The number of aryl methyl sites for hydroxylation is 2. The van der Waals surface area contributed by atoms with Crippen molar-refractivity contribution in [2.75, 3.05) is 0 Å². The van der Waals surface area contributed by atoms with Crippen LogP contribution in [0.15, 0.2) is 27.4 Å². The number of thiophene rings is 1. The summed E-state index contributed by atoms with van der Waals surface area (Å²) in [4.78, 5) is 42.7. The van der Waals surface area contributed by atoms with Gasteiger partial charge in [-0.05, 0) is 38.5 Å². The van der Waals surface area contributed by atoms with E-state index in [4.69, 9.17) is 9.15 Å². The zero-order valence-corrected chi connectivity index (χ0v) is 15.5. The van der Waals surface area contributed by atoms with Crippen molar-refractivity contribution in [3.05, 3.63) is 60.7 Å². The Hall–Kier alpha value is -3.27. The van der Waals surface area contributed by atoms with Gasteiger partial charge in [0, 0.05) is 11.0 Å². The van der Waals surface area contributed by atoms with Gasteiger partial charge in [-0.25, -0.2) is 9.78 Å². The Morgan fingerprint density at radius 2 is 2.19 bits per heavy atom. The Labute approximate surface area is 156 Å². The van der Waals surface area contributed by atoms with Gasteiger partial charge in [0.05, 0.1) is 11.5 Å². The minimum absolute atomic E-state index is 0.142. The van der Waals surface area contributed by atoms with Crippen LogP contribution in [0.1, 0.15) is 35.1 Å². The second kappa shape index (κ2) is 7.16. The van der Waals surface area contributed by atoms with Crippen LogP contribution in [0.25, 0.3) is 16.3 Å². The molecule has 0 aliphatic heterocycles. The second-order valence-corrected chi connectivity index (χ2v) is 6.96. The van der Waals surface area contributed by atoms with E-state index in [0.717, 1.165) is 16.5 Å². The van der Waals surface area contributed by atoms with Crippen LogP contribution < -0.4 is 5.56 Å². The molecule has 140 valence electrons. The fraction of sp³-hybridized carbons (Fsp3) is 0.235. The zero-order valence-electron chi connectivity index (χ0n) is 14.6. The fourth-order valence-corrected chi connectivity index (χ4v) is 3.45. The SMILES string of the molecule is Cc1sc2nc([C@@H](C)OC(=O)/C=C/c3ccc([N+](=O)[O-])o3)[nH]c(=O)c2c1C. The summed E-state index contributed by atoms with van der Waals surface area (Å²) >= 11 is 1.40. The minimum Gasteiger partial charge on any atom is -0.451 e. The first-order valence-electron chi connectivity index (χ1n) is 7.89. The van der Waals surface area contributed by atoms with Gasteiger partial charge in [-0.1, -0.05) is 0 Å². The van der Waals surface area contributed by atoms with Gasteiger partial charge in [0.25, 0.3) is 5.56 Å². The number of nitrogens with zero attached hydrogens (tertiary/aromatic N) is 2. The van der Waals surface area contributed by atoms with E-state index in [1.807, 2.05) is 13.8 Å². The summed E-state index contributed by atoms with van der Waals surface area (Å²) in [7, 11) is 0. The van der Waals surface area contributed by atoms with Crippen molar-refractivity contribution in [3.8, 4) is 0 Å². The molecule has 0 saturated heterocycles. The molecule has 3 aromatic rings. The third-order valence-corrected chi connectivity index (χ3v) is 5.01. The predicted octanol–water partition coefficient (Wildman–Crippen LogP) is 3.42. The average molecular weight is 389 g/mol. The lowest BCUT2D eigenvalue weighted by Gasteiger charge is -2.10. The summed E-state index contributed by atoms with van der Waals surface area (Å²) in [5.74, 6) is -0.747. The van der Waals surface area contributed by atoms with Gasteiger partial charge < -0.3 is 14.1 Å². The average Bonchev–Trinajstić information content (AvgIpc) is 3.18. The van der Waals surface area contributed by atoms with E-state index in [0.29, 0.717) is 10.2 Å². The number of carbonyl (C=O) groups excluding carboxylic acids is 1. The molecule has 0 aliphatic carbocycles. The molecule has 3 aromatic heterocycles. The molecule has 10 heteroatoms. The molecule has 0 bridgehead atoms. The van der Waals surface area contributed by atoms with E-state index >= 15 is 0 Å². The van der Waals surface area contributed by atoms with Gasteiger partial charge in [0.15, 0.2) is 11.9 Å². The van der Waals surface area contributed by atoms with Crippen LogP contribution in [0.4, 0.5) is 5.88 Å². The quantitative estimate of drug-likeness (QED) is 0.306. The molecule has 3 rings (SSSR count). The van der Waals surface area contributed by atoms with Crippen LogP contribution in [0.5, 0.6) is 0 Å². The molecule has 0 saturated carbocycles. The minimum atomic E-state index is -0.784. The zero-order chi connectivity index (χ0) is 19.7. The van der Waals surface area contributed by atoms with Crippen molar-refractivity contribution in [1.29, 1.82) is 0 Å². The lowest BCUT2D eigenvalue weighted by molar-refractivity contribution is -0.402. The van der Waals surface area contributed by atoms with E-state index in [1.54, 1.807) is 6.92 Å². The number of esters is 1. The van der Waals surface area contributed by atoms with Crippen molar-refractivity contribution in [2.24, 2.45) is 0 Å². The highest BCUT2D eigenvalue weighted by Gasteiger charge is 2.17. The van der Waals surface area contributed by atoms with Crippen LogP contribution in [-0.4, -0.2) is 20.9 Å².